The minimum Gasteiger partial charge on any atom is -0.393 e. The van der Waals surface area contributed by atoms with Crippen LogP contribution in [0.2, 0.25) is 11.1 Å². The molecule has 138 valence electrons. The number of nitrogens with zero attached hydrogens (tertiary/aromatic N) is 1. The highest BCUT2D eigenvalue weighted by Crippen LogP contribution is 2.34. The van der Waals surface area contributed by atoms with Crippen molar-refractivity contribution in [2.24, 2.45) is 5.73 Å². The first kappa shape index (κ1) is 21.0. The molecule has 0 atom stereocenters. The lowest BCUT2D eigenvalue weighted by Gasteiger charge is -2.38. The van der Waals surface area contributed by atoms with Crippen molar-refractivity contribution in [1.29, 1.82) is 0 Å². The van der Waals surface area contributed by atoms with Gasteiger partial charge < -0.3 is 25.2 Å². The molecule has 4 N–H and O–H groups in total. The maximum absolute atomic E-state index is 6.46. The van der Waals surface area contributed by atoms with Crippen molar-refractivity contribution < 1.29 is 8.85 Å². The molecule has 0 spiro atoms. The first-order valence-corrected chi connectivity index (χ1v) is 11.1. The summed E-state index contributed by atoms with van der Waals surface area (Å²) in [6, 6.07) is 0. The van der Waals surface area contributed by atoms with Gasteiger partial charge in [0, 0.05) is 65.6 Å². The Morgan fingerprint density at radius 2 is 1.65 bits per heavy atom. The van der Waals surface area contributed by atoms with E-state index in [-0.39, 0.29) is 0 Å². The Labute approximate surface area is 143 Å². The SMILES string of the molecule is CC(C)[Si](OCCNCCN)(OCCN1CCNCC1)C(C)C. The molecule has 0 amide bonds. The van der Waals surface area contributed by atoms with Gasteiger partial charge in [-0.2, -0.15) is 0 Å². The number of hydrogen-bond acceptors (Lipinski definition) is 6. The topological polar surface area (TPSA) is 71.8 Å². The van der Waals surface area contributed by atoms with Gasteiger partial charge in [-0.05, 0) is 11.1 Å². The molecular formula is C16H38N4O2Si. The molecule has 1 saturated heterocycles. The van der Waals surface area contributed by atoms with Gasteiger partial charge in [-0.3, -0.25) is 4.90 Å². The second-order valence-electron chi connectivity index (χ2n) is 6.86. The van der Waals surface area contributed by atoms with Crippen LogP contribution in [0.15, 0.2) is 0 Å². The van der Waals surface area contributed by atoms with Gasteiger partial charge >= 0.3 is 8.56 Å². The van der Waals surface area contributed by atoms with Gasteiger partial charge in [0.05, 0.1) is 0 Å². The lowest BCUT2D eigenvalue weighted by atomic mass is 10.4. The fourth-order valence-corrected chi connectivity index (χ4v) is 6.74. The van der Waals surface area contributed by atoms with Crippen molar-refractivity contribution in [2.45, 2.75) is 38.8 Å². The third kappa shape index (κ3) is 7.17. The van der Waals surface area contributed by atoms with Gasteiger partial charge in [0.25, 0.3) is 0 Å². The Morgan fingerprint density at radius 1 is 1.04 bits per heavy atom. The van der Waals surface area contributed by atoms with Crippen molar-refractivity contribution in [3.05, 3.63) is 0 Å². The predicted octanol–water partition coefficient (Wildman–Crippen LogP) is 0.735. The van der Waals surface area contributed by atoms with Gasteiger partial charge in [0.15, 0.2) is 0 Å². The molecule has 0 saturated carbocycles. The van der Waals surface area contributed by atoms with E-state index < -0.39 is 8.56 Å². The minimum absolute atomic E-state index is 0.444. The fourth-order valence-electron chi connectivity index (χ4n) is 3.15. The van der Waals surface area contributed by atoms with Crippen LogP contribution in [0.4, 0.5) is 0 Å². The van der Waals surface area contributed by atoms with Crippen LogP contribution < -0.4 is 16.4 Å². The molecule has 7 heteroatoms. The largest absolute Gasteiger partial charge is 0.393 e. The number of nitrogens with two attached hydrogens (primary N) is 1. The molecule has 0 aromatic rings. The van der Waals surface area contributed by atoms with Crippen molar-refractivity contribution >= 4 is 8.56 Å². The lowest BCUT2D eigenvalue weighted by molar-refractivity contribution is 0.126. The summed E-state index contributed by atoms with van der Waals surface area (Å²) < 4.78 is 12.8. The van der Waals surface area contributed by atoms with E-state index in [9.17, 15) is 0 Å². The predicted molar refractivity (Wildman–Crippen MR) is 99.1 cm³/mol. The van der Waals surface area contributed by atoms with Crippen molar-refractivity contribution in [2.75, 3.05) is 65.6 Å². The van der Waals surface area contributed by atoms with Crippen LogP contribution in [0.25, 0.3) is 0 Å². The van der Waals surface area contributed by atoms with E-state index >= 15 is 0 Å². The molecule has 23 heavy (non-hydrogen) atoms. The molecule has 0 aliphatic carbocycles. The molecule has 1 aliphatic heterocycles. The molecule has 1 rings (SSSR count). The fraction of sp³-hybridized carbons (Fsp3) is 1.00. The Morgan fingerprint density at radius 3 is 2.22 bits per heavy atom. The Balaban J connectivity index is 2.45. The average Bonchev–Trinajstić information content (AvgIpc) is 2.53. The van der Waals surface area contributed by atoms with Crippen LogP contribution >= 0.6 is 0 Å². The van der Waals surface area contributed by atoms with Crippen molar-refractivity contribution in [3.63, 3.8) is 0 Å². The van der Waals surface area contributed by atoms with Gasteiger partial charge in [0.2, 0.25) is 0 Å². The van der Waals surface area contributed by atoms with Crippen LogP contribution in [0, 0.1) is 0 Å². The summed E-state index contributed by atoms with van der Waals surface area (Å²) in [5, 5.41) is 6.68. The summed E-state index contributed by atoms with van der Waals surface area (Å²) in [7, 11) is -2.21. The summed E-state index contributed by atoms with van der Waals surface area (Å²) in [6.45, 7) is 18.2. The van der Waals surface area contributed by atoms with E-state index in [0.29, 0.717) is 24.2 Å². The zero-order valence-electron chi connectivity index (χ0n) is 15.6. The molecule has 0 bridgehead atoms. The van der Waals surface area contributed by atoms with Gasteiger partial charge in [-0.15, -0.1) is 0 Å². The number of rotatable bonds is 12. The molecule has 6 nitrogen and oxygen atoms in total. The van der Waals surface area contributed by atoms with E-state index in [1.54, 1.807) is 0 Å². The van der Waals surface area contributed by atoms with E-state index in [0.717, 1.165) is 52.4 Å². The zero-order valence-corrected chi connectivity index (χ0v) is 16.6. The molecule has 0 aromatic carbocycles. The van der Waals surface area contributed by atoms with Gasteiger partial charge in [-0.25, -0.2) is 0 Å². The summed E-state index contributed by atoms with van der Waals surface area (Å²) in [6.07, 6.45) is 0. The Hall–Kier alpha value is -0.0231. The molecule has 0 aromatic heterocycles. The van der Waals surface area contributed by atoms with Crippen molar-refractivity contribution in [1.82, 2.24) is 15.5 Å². The zero-order chi connectivity index (χ0) is 17.1. The summed E-state index contributed by atoms with van der Waals surface area (Å²) in [5.41, 5.74) is 6.39. The van der Waals surface area contributed by atoms with Gasteiger partial charge in [-0.1, -0.05) is 27.7 Å². The Kier molecular flexibility index (Phi) is 10.5. The quantitative estimate of drug-likeness (QED) is 0.358. The van der Waals surface area contributed by atoms with E-state index in [2.05, 4.69) is 43.2 Å². The number of piperazine rings is 1. The van der Waals surface area contributed by atoms with Crippen LogP contribution in [-0.4, -0.2) is 79.0 Å². The second kappa shape index (κ2) is 11.5. The summed E-state index contributed by atoms with van der Waals surface area (Å²) >= 11 is 0. The average molecular weight is 347 g/mol. The number of nitrogens with one attached hydrogen (secondary N) is 2. The van der Waals surface area contributed by atoms with E-state index in [4.69, 9.17) is 14.6 Å². The third-order valence-electron chi connectivity index (χ3n) is 4.48. The van der Waals surface area contributed by atoms with Crippen LogP contribution in [0.3, 0.4) is 0 Å². The van der Waals surface area contributed by atoms with Crippen molar-refractivity contribution in [3.8, 4) is 0 Å². The minimum atomic E-state index is -2.21. The first-order chi connectivity index (χ1) is 11.0. The molecule has 0 unspecified atom stereocenters. The highest BCUT2D eigenvalue weighted by molar-refractivity contribution is 6.70. The normalized spacial score (nSPS) is 17.3. The molecule has 1 heterocycles. The second-order valence-corrected chi connectivity index (χ2v) is 11.2. The molecule has 1 aliphatic rings. The third-order valence-corrected chi connectivity index (χ3v) is 9.01. The maximum atomic E-state index is 6.46. The molecular weight excluding hydrogens is 308 g/mol. The van der Waals surface area contributed by atoms with Crippen LogP contribution in [-0.2, 0) is 8.85 Å². The summed E-state index contributed by atoms with van der Waals surface area (Å²) in [5.74, 6) is 0. The van der Waals surface area contributed by atoms with E-state index in [1.807, 2.05) is 0 Å². The van der Waals surface area contributed by atoms with E-state index in [1.165, 1.54) is 0 Å². The maximum Gasteiger partial charge on any atom is 0.343 e. The van der Waals surface area contributed by atoms with Crippen LogP contribution in [0.5, 0.6) is 0 Å². The van der Waals surface area contributed by atoms with Gasteiger partial charge in [0.1, 0.15) is 0 Å². The highest BCUT2D eigenvalue weighted by Gasteiger charge is 2.44. The monoisotopic (exact) mass is 346 g/mol. The number of hydrogen-bond donors (Lipinski definition) is 3. The summed E-state index contributed by atoms with van der Waals surface area (Å²) in [4.78, 5) is 2.47. The van der Waals surface area contributed by atoms with Crippen LogP contribution in [0.1, 0.15) is 27.7 Å². The first-order valence-electron chi connectivity index (χ1n) is 9.14. The standard InChI is InChI=1S/C16H38N4O2Si/c1-15(2)23(16(3)4,21-13-9-18-6-5-17)22-14-12-20-10-7-19-8-11-20/h15-16,18-19H,5-14,17H2,1-4H3. The molecule has 1 fully saturated rings. The smallest absolute Gasteiger partial charge is 0.343 e. The molecule has 0 radical (unpaired) electrons. The lowest BCUT2D eigenvalue weighted by Crippen LogP contribution is -2.51. The Bertz CT molecular complexity index is 292. The highest BCUT2D eigenvalue weighted by atomic mass is 28.4.